The van der Waals surface area contributed by atoms with Crippen molar-refractivity contribution in [3.63, 3.8) is 0 Å². The second-order valence-electron chi connectivity index (χ2n) is 7.47. The van der Waals surface area contributed by atoms with Crippen molar-refractivity contribution in [2.75, 3.05) is 13.6 Å². The first kappa shape index (κ1) is 20.0. The highest BCUT2D eigenvalue weighted by Gasteiger charge is 2.19. The van der Waals surface area contributed by atoms with E-state index in [1.165, 1.54) is 0 Å². The van der Waals surface area contributed by atoms with Gasteiger partial charge in [-0.1, -0.05) is 42.5 Å². The fourth-order valence-electron chi connectivity index (χ4n) is 3.79. The number of para-hydroxylation sites is 2. The maximum atomic E-state index is 6.57. The highest BCUT2D eigenvalue weighted by Crippen LogP contribution is 2.32. The molecular weight excluding hydrogens is 374 g/mol. The Kier molecular flexibility index (Phi) is 5.77. The van der Waals surface area contributed by atoms with Gasteiger partial charge in [-0.3, -0.25) is 0 Å². The number of ether oxygens (including phenoxy) is 1. The van der Waals surface area contributed by atoms with Gasteiger partial charge in [-0.15, -0.1) is 0 Å². The number of fused-ring (bicyclic) bond motifs is 1. The standard InChI is InChI=1S/C24H27N5O/c1-16-23-18(3)29(28-24(23)17(2)27-26-16)20-12-8-9-13-22(20)30-21(14-15-25-4)19-10-6-5-7-11-19/h5-13,21,25H,14-15H2,1-4H3. The molecule has 0 aliphatic heterocycles. The Morgan fingerprint density at radius 3 is 2.37 bits per heavy atom. The average Bonchev–Trinajstić information content (AvgIpc) is 3.13. The van der Waals surface area contributed by atoms with E-state index in [0.717, 1.165) is 58.0 Å². The molecule has 0 saturated carbocycles. The number of nitrogens with zero attached hydrogens (tertiary/aromatic N) is 4. The molecule has 0 amide bonds. The largest absolute Gasteiger partial charge is 0.483 e. The van der Waals surface area contributed by atoms with Crippen molar-refractivity contribution in [3.05, 3.63) is 77.2 Å². The summed E-state index contributed by atoms with van der Waals surface area (Å²) < 4.78 is 8.52. The minimum Gasteiger partial charge on any atom is -0.483 e. The molecule has 2 aromatic heterocycles. The minimum atomic E-state index is -0.0584. The number of hydrogen-bond acceptors (Lipinski definition) is 5. The molecule has 154 valence electrons. The summed E-state index contributed by atoms with van der Waals surface area (Å²) in [5.41, 5.74) is 5.69. The van der Waals surface area contributed by atoms with Gasteiger partial charge in [-0.25, -0.2) is 4.68 Å². The van der Waals surface area contributed by atoms with Crippen LogP contribution in [0.3, 0.4) is 0 Å². The van der Waals surface area contributed by atoms with Crippen LogP contribution in [0, 0.1) is 20.8 Å². The van der Waals surface area contributed by atoms with Crippen LogP contribution in [0.25, 0.3) is 16.6 Å². The Hall–Kier alpha value is -3.25. The Labute approximate surface area is 176 Å². The van der Waals surface area contributed by atoms with Gasteiger partial charge in [0.1, 0.15) is 23.1 Å². The third-order valence-corrected chi connectivity index (χ3v) is 5.36. The molecule has 1 atom stereocenters. The van der Waals surface area contributed by atoms with Crippen molar-refractivity contribution >= 4 is 10.9 Å². The van der Waals surface area contributed by atoms with E-state index in [-0.39, 0.29) is 6.10 Å². The molecule has 2 heterocycles. The second-order valence-corrected chi connectivity index (χ2v) is 7.47. The highest BCUT2D eigenvalue weighted by atomic mass is 16.5. The van der Waals surface area contributed by atoms with Crippen molar-refractivity contribution in [2.45, 2.75) is 33.3 Å². The van der Waals surface area contributed by atoms with Gasteiger partial charge in [0, 0.05) is 11.8 Å². The van der Waals surface area contributed by atoms with Crippen molar-refractivity contribution < 1.29 is 4.74 Å². The molecule has 30 heavy (non-hydrogen) atoms. The van der Waals surface area contributed by atoms with E-state index < -0.39 is 0 Å². The van der Waals surface area contributed by atoms with Crippen LogP contribution in [0.5, 0.6) is 5.75 Å². The molecule has 4 rings (SSSR count). The van der Waals surface area contributed by atoms with E-state index in [1.54, 1.807) is 0 Å². The number of rotatable bonds is 7. The SMILES string of the molecule is CNCCC(Oc1ccccc1-n1nc2c(C)nnc(C)c2c1C)c1ccccc1. The number of benzene rings is 2. The maximum Gasteiger partial charge on any atom is 0.145 e. The zero-order valence-electron chi connectivity index (χ0n) is 17.9. The summed E-state index contributed by atoms with van der Waals surface area (Å²) in [7, 11) is 1.96. The lowest BCUT2D eigenvalue weighted by Gasteiger charge is -2.22. The quantitative estimate of drug-likeness (QED) is 0.495. The third-order valence-electron chi connectivity index (χ3n) is 5.36. The molecule has 0 fully saturated rings. The smallest absolute Gasteiger partial charge is 0.145 e. The average molecular weight is 402 g/mol. The molecule has 6 nitrogen and oxygen atoms in total. The van der Waals surface area contributed by atoms with Gasteiger partial charge in [-0.05, 0) is 52.1 Å². The van der Waals surface area contributed by atoms with Crippen molar-refractivity contribution in [2.24, 2.45) is 0 Å². The molecule has 4 aromatic rings. The van der Waals surface area contributed by atoms with Gasteiger partial charge in [0.25, 0.3) is 0 Å². The Balaban J connectivity index is 1.78. The fourth-order valence-corrected chi connectivity index (χ4v) is 3.79. The molecule has 1 N–H and O–H groups in total. The van der Waals surface area contributed by atoms with Crippen LogP contribution in [-0.4, -0.2) is 33.6 Å². The van der Waals surface area contributed by atoms with Gasteiger partial charge < -0.3 is 10.1 Å². The zero-order valence-corrected chi connectivity index (χ0v) is 17.9. The molecule has 1 unspecified atom stereocenters. The first-order valence-corrected chi connectivity index (χ1v) is 10.2. The van der Waals surface area contributed by atoms with E-state index in [1.807, 2.05) is 68.0 Å². The normalized spacial score (nSPS) is 12.3. The summed E-state index contributed by atoms with van der Waals surface area (Å²) in [6, 6.07) is 18.4. The Morgan fingerprint density at radius 1 is 0.933 bits per heavy atom. The predicted octanol–water partition coefficient (Wildman–Crippen LogP) is 4.47. The number of nitrogens with one attached hydrogen (secondary N) is 1. The summed E-state index contributed by atoms with van der Waals surface area (Å²) >= 11 is 0. The monoisotopic (exact) mass is 401 g/mol. The number of hydrogen-bond donors (Lipinski definition) is 1. The first-order chi connectivity index (χ1) is 14.6. The molecule has 0 bridgehead atoms. The molecule has 0 saturated heterocycles. The van der Waals surface area contributed by atoms with Crippen LogP contribution >= 0.6 is 0 Å². The van der Waals surface area contributed by atoms with Crippen LogP contribution in [0.1, 0.15) is 35.2 Å². The number of aromatic nitrogens is 4. The van der Waals surface area contributed by atoms with Gasteiger partial charge in [0.05, 0.1) is 17.1 Å². The number of aryl methyl sites for hydroxylation is 3. The maximum absolute atomic E-state index is 6.57. The summed E-state index contributed by atoms with van der Waals surface area (Å²) in [4.78, 5) is 0. The van der Waals surface area contributed by atoms with Crippen LogP contribution in [0.2, 0.25) is 0 Å². The lowest BCUT2D eigenvalue weighted by Crippen LogP contribution is -2.17. The van der Waals surface area contributed by atoms with E-state index in [9.17, 15) is 0 Å². The van der Waals surface area contributed by atoms with Crippen LogP contribution in [0.15, 0.2) is 54.6 Å². The summed E-state index contributed by atoms with van der Waals surface area (Å²) in [6.45, 7) is 6.84. The van der Waals surface area contributed by atoms with Crippen molar-refractivity contribution in [1.82, 2.24) is 25.3 Å². The van der Waals surface area contributed by atoms with Crippen LogP contribution in [0.4, 0.5) is 0 Å². The Morgan fingerprint density at radius 2 is 1.63 bits per heavy atom. The molecule has 2 aromatic carbocycles. The van der Waals surface area contributed by atoms with E-state index in [4.69, 9.17) is 9.84 Å². The van der Waals surface area contributed by atoms with Crippen LogP contribution in [-0.2, 0) is 0 Å². The van der Waals surface area contributed by atoms with Crippen molar-refractivity contribution in [3.8, 4) is 11.4 Å². The van der Waals surface area contributed by atoms with Crippen molar-refractivity contribution in [1.29, 1.82) is 0 Å². The fraction of sp³-hybridized carbons (Fsp3) is 0.292. The molecule has 0 aliphatic rings. The summed E-state index contributed by atoms with van der Waals surface area (Å²) in [6.07, 6.45) is 0.804. The van der Waals surface area contributed by atoms with Gasteiger partial charge >= 0.3 is 0 Å². The predicted molar refractivity (Wildman–Crippen MR) is 119 cm³/mol. The summed E-state index contributed by atoms with van der Waals surface area (Å²) in [5, 5.41) is 17.7. The molecule has 0 spiro atoms. The lowest BCUT2D eigenvalue weighted by atomic mass is 10.1. The van der Waals surface area contributed by atoms with E-state index in [2.05, 4.69) is 34.6 Å². The molecule has 0 aliphatic carbocycles. The topological polar surface area (TPSA) is 64.9 Å². The van der Waals surface area contributed by atoms with E-state index >= 15 is 0 Å². The molecule has 6 heteroatoms. The lowest BCUT2D eigenvalue weighted by molar-refractivity contribution is 0.194. The highest BCUT2D eigenvalue weighted by molar-refractivity contribution is 5.85. The second kappa shape index (κ2) is 8.63. The summed E-state index contributed by atoms with van der Waals surface area (Å²) in [5.74, 6) is 0.801. The Bertz CT molecular complexity index is 1150. The molecular formula is C24H27N5O. The first-order valence-electron chi connectivity index (χ1n) is 10.2. The third kappa shape index (κ3) is 3.78. The van der Waals surface area contributed by atoms with Gasteiger partial charge in [0.15, 0.2) is 0 Å². The van der Waals surface area contributed by atoms with Gasteiger partial charge in [-0.2, -0.15) is 15.3 Å². The van der Waals surface area contributed by atoms with E-state index in [0.29, 0.717) is 0 Å². The zero-order chi connectivity index (χ0) is 21.1. The van der Waals surface area contributed by atoms with Gasteiger partial charge in [0.2, 0.25) is 0 Å². The molecule has 0 radical (unpaired) electrons. The van der Waals surface area contributed by atoms with Crippen LogP contribution < -0.4 is 10.1 Å². The minimum absolute atomic E-state index is 0.0584.